The molecule has 1 aliphatic heterocycles. The van der Waals surface area contributed by atoms with E-state index in [9.17, 15) is 14.7 Å². The highest BCUT2D eigenvalue weighted by Gasteiger charge is 2.33. The van der Waals surface area contributed by atoms with Crippen LogP contribution in [0.15, 0.2) is 48.5 Å². The number of hydrogen-bond acceptors (Lipinski definition) is 4. The number of carboxylic acids is 1. The van der Waals surface area contributed by atoms with Crippen LogP contribution in [0.4, 0.5) is 4.79 Å². The smallest absolute Gasteiger partial charge is 0.410 e. The first-order chi connectivity index (χ1) is 12.2. The topological polar surface area (TPSA) is 69.7 Å². The molecule has 0 N–H and O–H groups in total. The minimum absolute atomic E-state index is 0.0274. The van der Waals surface area contributed by atoms with E-state index in [1.807, 2.05) is 36.4 Å². The fourth-order valence-electron chi connectivity index (χ4n) is 3.91. The summed E-state index contributed by atoms with van der Waals surface area (Å²) in [4.78, 5) is 24.8. The molecule has 1 aliphatic carbocycles. The van der Waals surface area contributed by atoms with Crippen LogP contribution in [0.2, 0.25) is 0 Å². The number of carbonyl (C=O) groups is 2. The average molecular weight is 336 g/mol. The van der Waals surface area contributed by atoms with Gasteiger partial charge < -0.3 is 14.6 Å². The number of fused-ring (bicyclic) bond motifs is 3. The highest BCUT2D eigenvalue weighted by Crippen LogP contribution is 2.44. The summed E-state index contributed by atoms with van der Waals surface area (Å²) in [5.41, 5.74) is 4.59. The number of amides is 1. The Morgan fingerprint density at radius 1 is 1.04 bits per heavy atom. The molecular formula is C20H18NO4-. The Balaban J connectivity index is 1.53. The number of benzene rings is 2. The first-order valence-electron chi connectivity index (χ1n) is 8.49. The molecule has 0 spiro atoms. The van der Waals surface area contributed by atoms with Gasteiger partial charge in [0, 0.05) is 12.5 Å². The van der Waals surface area contributed by atoms with E-state index in [0.717, 1.165) is 22.3 Å². The molecule has 0 radical (unpaired) electrons. The molecular weight excluding hydrogens is 318 g/mol. The predicted molar refractivity (Wildman–Crippen MR) is 89.8 cm³/mol. The molecule has 1 atom stereocenters. The number of nitrogens with zero attached hydrogens (tertiary/aromatic N) is 1. The molecule has 0 saturated carbocycles. The van der Waals surface area contributed by atoms with Crippen LogP contribution in [0.1, 0.15) is 29.9 Å². The molecule has 25 heavy (non-hydrogen) atoms. The zero-order chi connectivity index (χ0) is 17.4. The number of likely N-dealkylation sites (tertiary alicyclic amines) is 1. The van der Waals surface area contributed by atoms with Crippen LogP contribution in [-0.2, 0) is 9.53 Å². The molecule has 4 rings (SSSR count). The minimum atomic E-state index is -1.22. The lowest BCUT2D eigenvalue weighted by molar-refractivity contribution is -0.310. The van der Waals surface area contributed by atoms with Crippen LogP contribution in [-0.4, -0.2) is 36.2 Å². The first-order valence-corrected chi connectivity index (χ1v) is 8.49. The van der Waals surface area contributed by atoms with Crippen molar-refractivity contribution in [3.63, 3.8) is 0 Å². The summed E-state index contributed by atoms with van der Waals surface area (Å²) < 4.78 is 5.50. The second-order valence-electron chi connectivity index (χ2n) is 6.47. The van der Waals surface area contributed by atoms with Gasteiger partial charge >= 0.3 is 6.09 Å². The maximum Gasteiger partial charge on any atom is 0.410 e. The number of carboxylic acid groups (broad SMARTS) is 1. The molecule has 2 aromatic carbocycles. The van der Waals surface area contributed by atoms with Gasteiger partial charge in [0.05, 0.1) is 12.0 Å². The largest absolute Gasteiger partial charge is 0.548 e. The monoisotopic (exact) mass is 336 g/mol. The molecule has 1 heterocycles. The van der Waals surface area contributed by atoms with E-state index in [2.05, 4.69) is 12.1 Å². The lowest BCUT2D eigenvalue weighted by atomic mass is 9.98. The Morgan fingerprint density at radius 3 is 2.24 bits per heavy atom. The lowest BCUT2D eigenvalue weighted by Crippen LogP contribution is -2.47. The Morgan fingerprint density at radius 2 is 1.64 bits per heavy atom. The number of aliphatic carboxylic acids is 1. The van der Waals surface area contributed by atoms with E-state index in [1.165, 1.54) is 4.90 Å². The Bertz CT molecular complexity index is 786. The van der Waals surface area contributed by atoms with E-state index in [4.69, 9.17) is 4.74 Å². The van der Waals surface area contributed by atoms with Gasteiger partial charge in [-0.25, -0.2) is 4.79 Å². The molecule has 1 unspecified atom stereocenters. The predicted octanol–water partition coefficient (Wildman–Crippen LogP) is 2.15. The van der Waals surface area contributed by atoms with Gasteiger partial charge in [-0.05, 0) is 35.1 Å². The molecule has 0 aromatic heterocycles. The van der Waals surface area contributed by atoms with Crippen molar-refractivity contribution in [3.8, 4) is 11.1 Å². The van der Waals surface area contributed by atoms with Crippen molar-refractivity contribution in [3.05, 3.63) is 59.7 Å². The second kappa shape index (κ2) is 6.24. The molecule has 2 aliphatic rings. The SMILES string of the molecule is O=C([O-])C1CCCN1C(=O)OCC1c2ccccc2-c2ccccc21. The summed E-state index contributed by atoms with van der Waals surface area (Å²) in [6.45, 7) is 0.596. The quantitative estimate of drug-likeness (QED) is 0.861. The highest BCUT2D eigenvalue weighted by molar-refractivity contribution is 5.80. The molecule has 128 valence electrons. The molecule has 1 saturated heterocycles. The minimum Gasteiger partial charge on any atom is -0.548 e. The third-order valence-corrected chi connectivity index (χ3v) is 5.10. The second-order valence-corrected chi connectivity index (χ2v) is 6.47. The van der Waals surface area contributed by atoms with Crippen molar-refractivity contribution in [1.82, 2.24) is 4.90 Å². The van der Waals surface area contributed by atoms with Gasteiger partial charge in [0.25, 0.3) is 0 Å². The zero-order valence-electron chi connectivity index (χ0n) is 13.7. The number of carbonyl (C=O) groups excluding carboxylic acids is 2. The van der Waals surface area contributed by atoms with Gasteiger partial charge in [-0.15, -0.1) is 0 Å². The van der Waals surface area contributed by atoms with Gasteiger partial charge in [-0.1, -0.05) is 48.5 Å². The van der Waals surface area contributed by atoms with Crippen LogP contribution < -0.4 is 5.11 Å². The Labute approximate surface area is 145 Å². The zero-order valence-corrected chi connectivity index (χ0v) is 13.7. The number of rotatable bonds is 3. The summed E-state index contributed by atoms with van der Waals surface area (Å²) in [7, 11) is 0. The number of ether oxygens (including phenoxy) is 1. The van der Waals surface area contributed by atoms with Crippen molar-refractivity contribution < 1.29 is 19.4 Å². The van der Waals surface area contributed by atoms with E-state index < -0.39 is 18.1 Å². The fraction of sp³-hybridized carbons (Fsp3) is 0.300. The van der Waals surface area contributed by atoms with Gasteiger partial charge in [-0.3, -0.25) is 4.90 Å². The van der Waals surface area contributed by atoms with Crippen LogP contribution in [0.25, 0.3) is 11.1 Å². The van der Waals surface area contributed by atoms with Crippen LogP contribution in [0.3, 0.4) is 0 Å². The lowest BCUT2D eigenvalue weighted by Gasteiger charge is -2.25. The highest BCUT2D eigenvalue weighted by atomic mass is 16.6. The van der Waals surface area contributed by atoms with E-state index in [1.54, 1.807) is 0 Å². The third-order valence-electron chi connectivity index (χ3n) is 5.10. The molecule has 1 amide bonds. The average Bonchev–Trinajstić information content (AvgIpc) is 3.23. The summed E-state index contributed by atoms with van der Waals surface area (Å²) in [6.07, 6.45) is 0.503. The summed E-state index contributed by atoms with van der Waals surface area (Å²) in [6, 6.07) is 15.3. The fourth-order valence-corrected chi connectivity index (χ4v) is 3.91. The van der Waals surface area contributed by atoms with Gasteiger partial charge in [0.1, 0.15) is 6.61 Å². The maximum absolute atomic E-state index is 12.4. The summed E-state index contributed by atoms with van der Waals surface area (Å²) in [5.74, 6) is -1.24. The molecule has 5 nitrogen and oxygen atoms in total. The summed E-state index contributed by atoms with van der Waals surface area (Å²) >= 11 is 0. The maximum atomic E-state index is 12.4. The van der Waals surface area contributed by atoms with Crippen molar-refractivity contribution >= 4 is 12.1 Å². The van der Waals surface area contributed by atoms with Crippen LogP contribution in [0, 0.1) is 0 Å². The molecule has 0 bridgehead atoms. The molecule has 5 heteroatoms. The van der Waals surface area contributed by atoms with Crippen molar-refractivity contribution in [2.24, 2.45) is 0 Å². The molecule has 2 aromatic rings. The van der Waals surface area contributed by atoms with Gasteiger partial charge in [0.15, 0.2) is 0 Å². The first kappa shape index (κ1) is 15.7. The van der Waals surface area contributed by atoms with E-state index >= 15 is 0 Å². The van der Waals surface area contributed by atoms with E-state index in [0.29, 0.717) is 19.4 Å². The van der Waals surface area contributed by atoms with Gasteiger partial charge in [0.2, 0.25) is 0 Å². The third kappa shape index (κ3) is 2.65. The summed E-state index contributed by atoms with van der Waals surface area (Å²) in [5, 5.41) is 11.1. The van der Waals surface area contributed by atoms with Crippen LogP contribution in [0.5, 0.6) is 0 Å². The Kier molecular flexibility index (Phi) is 3.92. The normalized spacial score (nSPS) is 18.7. The van der Waals surface area contributed by atoms with Crippen molar-refractivity contribution in [1.29, 1.82) is 0 Å². The molecule has 1 fully saturated rings. The van der Waals surface area contributed by atoms with Crippen LogP contribution >= 0.6 is 0 Å². The van der Waals surface area contributed by atoms with Gasteiger partial charge in [-0.2, -0.15) is 0 Å². The van der Waals surface area contributed by atoms with Crippen molar-refractivity contribution in [2.75, 3.05) is 13.2 Å². The Hall–Kier alpha value is -2.82. The number of hydrogen-bond donors (Lipinski definition) is 0. The van der Waals surface area contributed by atoms with E-state index in [-0.39, 0.29) is 12.5 Å². The standard InChI is InChI=1S/C20H19NO4/c22-19(23)18-10-5-11-21(18)20(24)25-12-17-15-8-3-1-6-13(15)14-7-2-4-9-16(14)17/h1-4,6-9,17-18H,5,10-12H2,(H,22,23)/p-1. The van der Waals surface area contributed by atoms with Crippen molar-refractivity contribution in [2.45, 2.75) is 24.8 Å².